The molecule has 1 aromatic carbocycles. The van der Waals surface area contributed by atoms with Crippen LogP contribution in [0.25, 0.3) is 0 Å². The second kappa shape index (κ2) is 9.61. The Bertz CT molecular complexity index is 580. The molecule has 1 rings (SSSR count). The van der Waals surface area contributed by atoms with Gasteiger partial charge in [0.1, 0.15) is 11.3 Å². The minimum Gasteiger partial charge on any atom is -0.493 e. The molecule has 126 valence electrons. The number of carbonyl (C=O) groups is 2. The van der Waals surface area contributed by atoms with Crippen LogP contribution in [0.5, 0.6) is 5.75 Å². The number of amides is 1. The van der Waals surface area contributed by atoms with Crippen LogP contribution in [0, 0.1) is 0 Å². The summed E-state index contributed by atoms with van der Waals surface area (Å²) in [6.07, 6.45) is 2.46. The lowest BCUT2D eigenvalue weighted by Crippen LogP contribution is -2.10. The van der Waals surface area contributed by atoms with Gasteiger partial charge in [0.05, 0.1) is 13.2 Å². The standard InChI is InChI=1S/C17H23NO5/c1-4-7-8-15(23-6-3)18-16(19)12-9-10-13(17(20)21)14(11-12)22-5-2/h9-11H,4-8H2,1-3H3,(H,20,21)/b18-15-. The van der Waals surface area contributed by atoms with Crippen LogP contribution in [0.1, 0.15) is 60.7 Å². The number of aromatic carboxylic acids is 1. The number of carboxylic acids is 1. The van der Waals surface area contributed by atoms with Gasteiger partial charge in [-0.3, -0.25) is 4.79 Å². The van der Waals surface area contributed by atoms with Crippen molar-refractivity contribution in [1.82, 2.24) is 0 Å². The predicted molar refractivity (Wildman–Crippen MR) is 87.5 cm³/mol. The molecule has 0 radical (unpaired) electrons. The third-order valence-corrected chi connectivity index (χ3v) is 3.04. The molecule has 1 amide bonds. The maximum atomic E-state index is 12.3. The minimum absolute atomic E-state index is 0.0170. The van der Waals surface area contributed by atoms with Gasteiger partial charge in [-0.25, -0.2) is 4.79 Å². The molecule has 6 heteroatoms. The van der Waals surface area contributed by atoms with Gasteiger partial charge in [0.25, 0.3) is 5.91 Å². The molecule has 0 aliphatic rings. The first-order chi connectivity index (χ1) is 11.0. The Morgan fingerprint density at radius 2 is 1.91 bits per heavy atom. The topological polar surface area (TPSA) is 85.2 Å². The van der Waals surface area contributed by atoms with Crippen LogP contribution in [-0.2, 0) is 4.74 Å². The third-order valence-electron chi connectivity index (χ3n) is 3.04. The largest absolute Gasteiger partial charge is 0.493 e. The van der Waals surface area contributed by atoms with E-state index in [1.165, 1.54) is 18.2 Å². The lowest BCUT2D eigenvalue weighted by atomic mass is 10.1. The lowest BCUT2D eigenvalue weighted by molar-refractivity contribution is 0.0692. The summed E-state index contributed by atoms with van der Waals surface area (Å²) in [5, 5.41) is 9.12. The van der Waals surface area contributed by atoms with Crippen molar-refractivity contribution in [2.24, 2.45) is 4.99 Å². The van der Waals surface area contributed by atoms with Crippen LogP contribution in [0.2, 0.25) is 0 Å². The summed E-state index contributed by atoms with van der Waals surface area (Å²) in [4.78, 5) is 27.4. The van der Waals surface area contributed by atoms with E-state index in [0.29, 0.717) is 25.5 Å². The van der Waals surface area contributed by atoms with E-state index < -0.39 is 11.9 Å². The van der Waals surface area contributed by atoms with E-state index in [4.69, 9.17) is 14.6 Å². The lowest BCUT2D eigenvalue weighted by Gasteiger charge is -2.09. The Kier molecular flexibility index (Phi) is 7.80. The van der Waals surface area contributed by atoms with Crippen LogP contribution < -0.4 is 4.74 Å². The molecule has 0 saturated heterocycles. The number of benzene rings is 1. The summed E-state index contributed by atoms with van der Waals surface area (Å²) in [7, 11) is 0. The maximum absolute atomic E-state index is 12.3. The Morgan fingerprint density at radius 3 is 2.48 bits per heavy atom. The molecule has 0 aliphatic carbocycles. The zero-order chi connectivity index (χ0) is 17.2. The molecule has 0 spiro atoms. The average molecular weight is 321 g/mol. The highest BCUT2D eigenvalue weighted by molar-refractivity contribution is 6.03. The highest BCUT2D eigenvalue weighted by Crippen LogP contribution is 2.21. The van der Waals surface area contributed by atoms with Gasteiger partial charge in [-0.2, -0.15) is 4.99 Å². The zero-order valence-electron chi connectivity index (χ0n) is 13.8. The number of nitrogens with zero attached hydrogens (tertiary/aromatic N) is 1. The summed E-state index contributed by atoms with van der Waals surface area (Å²) in [5.41, 5.74) is 0.288. The SMILES string of the molecule is CCCC/C(=N/C(=O)c1ccc(C(=O)O)c(OCC)c1)OCC. The third kappa shape index (κ3) is 5.73. The van der Waals surface area contributed by atoms with E-state index in [1.807, 2.05) is 13.8 Å². The molecule has 0 bridgehead atoms. The van der Waals surface area contributed by atoms with E-state index >= 15 is 0 Å². The van der Waals surface area contributed by atoms with Gasteiger partial charge in [0, 0.05) is 12.0 Å². The fourth-order valence-corrected chi connectivity index (χ4v) is 1.94. The van der Waals surface area contributed by atoms with Crippen LogP contribution in [-0.4, -0.2) is 36.1 Å². The number of carboxylic acid groups (broad SMARTS) is 1. The zero-order valence-corrected chi connectivity index (χ0v) is 13.8. The van der Waals surface area contributed by atoms with Crippen LogP contribution in [0.3, 0.4) is 0 Å². The molecule has 0 atom stereocenters. The van der Waals surface area contributed by atoms with Gasteiger partial charge in [-0.05, 0) is 38.5 Å². The van der Waals surface area contributed by atoms with Crippen molar-refractivity contribution in [1.29, 1.82) is 0 Å². The summed E-state index contributed by atoms with van der Waals surface area (Å²) in [5.74, 6) is -1.01. The van der Waals surface area contributed by atoms with Crippen molar-refractivity contribution >= 4 is 17.8 Å². The molecule has 23 heavy (non-hydrogen) atoms. The summed E-state index contributed by atoms with van der Waals surface area (Å²) in [6.45, 7) is 6.38. The van der Waals surface area contributed by atoms with Crippen molar-refractivity contribution in [2.45, 2.75) is 40.0 Å². The monoisotopic (exact) mass is 321 g/mol. The van der Waals surface area contributed by atoms with Crippen molar-refractivity contribution in [3.05, 3.63) is 29.3 Å². The second-order valence-corrected chi connectivity index (χ2v) is 4.80. The van der Waals surface area contributed by atoms with Crippen LogP contribution in [0.15, 0.2) is 23.2 Å². The van der Waals surface area contributed by atoms with Crippen molar-refractivity contribution in [3.8, 4) is 5.75 Å². The maximum Gasteiger partial charge on any atom is 0.339 e. The first-order valence-electron chi connectivity index (χ1n) is 7.78. The molecule has 0 saturated carbocycles. The Hall–Kier alpha value is -2.37. The fourth-order valence-electron chi connectivity index (χ4n) is 1.94. The summed E-state index contributed by atoms with van der Waals surface area (Å²) < 4.78 is 10.7. The van der Waals surface area contributed by atoms with Gasteiger partial charge in [-0.1, -0.05) is 13.3 Å². The molecule has 1 aromatic rings. The fraction of sp³-hybridized carbons (Fsp3) is 0.471. The Morgan fingerprint density at radius 1 is 1.17 bits per heavy atom. The van der Waals surface area contributed by atoms with Crippen LogP contribution >= 0.6 is 0 Å². The van der Waals surface area contributed by atoms with Gasteiger partial charge in [0.2, 0.25) is 0 Å². The number of hydrogen-bond donors (Lipinski definition) is 1. The molecule has 0 aromatic heterocycles. The summed E-state index contributed by atoms with van der Waals surface area (Å²) >= 11 is 0. The number of rotatable bonds is 8. The van der Waals surface area contributed by atoms with Crippen molar-refractivity contribution < 1.29 is 24.2 Å². The number of hydrogen-bond acceptors (Lipinski definition) is 4. The van der Waals surface area contributed by atoms with E-state index in [0.717, 1.165) is 12.8 Å². The quantitative estimate of drug-likeness (QED) is 0.584. The number of aliphatic imine (C=N–C) groups is 1. The van der Waals surface area contributed by atoms with Crippen molar-refractivity contribution in [3.63, 3.8) is 0 Å². The predicted octanol–water partition coefficient (Wildman–Crippen LogP) is 3.55. The number of carbonyl (C=O) groups excluding carboxylic acids is 1. The molecule has 0 unspecified atom stereocenters. The first kappa shape index (κ1) is 18.7. The van der Waals surface area contributed by atoms with Crippen LogP contribution in [0.4, 0.5) is 0 Å². The Balaban J connectivity index is 3.06. The first-order valence-corrected chi connectivity index (χ1v) is 7.78. The molecule has 6 nitrogen and oxygen atoms in total. The molecule has 0 aliphatic heterocycles. The van der Waals surface area contributed by atoms with Gasteiger partial charge in [0.15, 0.2) is 5.90 Å². The van der Waals surface area contributed by atoms with Gasteiger partial charge in [-0.15, -0.1) is 0 Å². The van der Waals surface area contributed by atoms with Gasteiger partial charge >= 0.3 is 5.97 Å². The summed E-state index contributed by atoms with van der Waals surface area (Å²) in [6, 6.07) is 4.19. The molecule has 1 N–H and O–H groups in total. The number of ether oxygens (including phenoxy) is 2. The smallest absolute Gasteiger partial charge is 0.339 e. The Labute approximate surface area is 136 Å². The van der Waals surface area contributed by atoms with E-state index in [-0.39, 0.29) is 16.9 Å². The second-order valence-electron chi connectivity index (χ2n) is 4.80. The normalized spacial score (nSPS) is 11.2. The van der Waals surface area contributed by atoms with E-state index in [2.05, 4.69) is 4.99 Å². The average Bonchev–Trinajstić information content (AvgIpc) is 2.52. The van der Waals surface area contributed by atoms with E-state index in [1.54, 1.807) is 6.92 Å². The number of unbranched alkanes of at least 4 members (excludes halogenated alkanes) is 1. The molecular weight excluding hydrogens is 298 g/mol. The van der Waals surface area contributed by atoms with E-state index in [9.17, 15) is 9.59 Å². The highest BCUT2D eigenvalue weighted by atomic mass is 16.5. The highest BCUT2D eigenvalue weighted by Gasteiger charge is 2.15. The molecular formula is C17H23NO5. The van der Waals surface area contributed by atoms with Gasteiger partial charge < -0.3 is 14.6 Å². The van der Waals surface area contributed by atoms with Crippen molar-refractivity contribution in [2.75, 3.05) is 13.2 Å². The molecule has 0 heterocycles. The molecule has 0 fully saturated rings. The minimum atomic E-state index is -1.10.